The molecule has 0 saturated heterocycles. The number of rotatable bonds is 8. The van der Waals surface area contributed by atoms with Gasteiger partial charge in [0.25, 0.3) is 17.7 Å². The molecule has 7 heteroatoms. The summed E-state index contributed by atoms with van der Waals surface area (Å²) in [5.74, 6) is -2.15. The van der Waals surface area contributed by atoms with Crippen LogP contribution in [0.25, 0.3) is 0 Å². The number of benzene rings is 1. The number of hydrogen-bond donors (Lipinski definition) is 1. The average molecular weight is 374 g/mol. The summed E-state index contributed by atoms with van der Waals surface area (Å²) in [5, 5.41) is 2.65. The van der Waals surface area contributed by atoms with E-state index >= 15 is 0 Å². The summed E-state index contributed by atoms with van der Waals surface area (Å²) in [7, 11) is 0. The topological polar surface area (TPSA) is 92.8 Å². The molecule has 0 bridgehead atoms. The van der Waals surface area contributed by atoms with Crippen molar-refractivity contribution in [1.29, 1.82) is 0 Å². The zero-order chi connectivity index (χ0) is 20.1. The van der Waals surface area contributed by atoms with Gasteiger partial charge in [0.05, 0.1) is 11.1 Å². The molecule has 7 nitrogen and oxygen atoms in total. The third-order valence-corrected chi connectivity index (χ3v) is 4.32. The number of hydrogen-bond acceptors (Lipinski definition) is 5. The van der Waals surface area contributed by atoms with E-state index in [1.54, 1.807) is 24.3 Å². The van der Waals surface area contributed by atoms with Crippen LogP contribution in [0.15, 0.2) is 24.3 Å². The van der Waals surface area contributed by atoms with Gasteiger partial charge in [0, 0.05) is 6.54 Å². The second-order valence-corrected chi connectivity index (χ2v) is 7.04. The summed E-state index contributed by atoms with van der Waals surface area (Å²) in [6.07, 6.45) is 0.0132. The monoisotopic (exact) mass is 374 g/mol. The van der Waals surface area contributed by atoms with Crippen LogP contribution in [0.2, 0.25) is 0 Å². The van der Waals surface area contributed by atoms with Gasteiger partial charge in [-0.05, 0) is 37.8 Å². The Bertz CT molecular complexity index is 709. The quantitative estimate of drug-likeness (QED) is 0.556. The fourth-order valence-electron chi connectivity index (χ4n) is 2.94. The van der Waals surface area contributed by atoms with Gasteiger partial charge in [-0.15, -0.1) is 0 Å². The Labute approximate surface area is 159 Å². The van der Waals surface area contributed by atoms with E-state index in [0.29, 0.717) is 6.54 Å². The lowest BCUT2D eigenvalue weighted by Crippen LogP contribution is -2.48. The van der Waals surface area contributed by atoms with Crippen LogP contribution in [-0.2, 0) is 14.3 Å². The first-order chi connectivity index (χ1) is 12.8. The second kappa shape index (κ2) is 8.79. The molecule has 1 aromatic carbocycles. The highest BCUT2D eigenvalue weighted by Crippen LogP contribution is 2.27. The number of nitrogens with one attached hydrogen (secondary N) is 1. The minimum atomic E-state index is -1.07. The van der Waals surface area contributed by atoms with Crippen LogP contribution in [0, 0.1) is 5.92 Å². The Balaban J connectivity index is 2.21. The number of fused-ring (bicyclic) bond motifs is 1. The number of imide groups is 1. The van der Waals surface area contributed by atoms with E-state index in [2.05, 4.69) is 5.32 Å². The minimum absolute atomic E-state index is 0.0380. The Hall–Kier alpha value is -2.70. The van der Waals surface area contributed by atoms with E-state index in [-0.39, 0.29) is 23.5 Å². The summed E-state index contributed by atoms with van der Waals surface area (Å²) < 4.78 is 5.28. The molecule has 0 aliphatic carbocycles. The Morgan fingerprint density at radius 1 is 1.07 bits per heavy atom. The molecular formula is C20H26N2O5. The minimum Gasteiger partial charge on any atom is -0.451 e. The summed E-state index contributed by atoms with van der Waals surface area (Å²) in [4.78, 5) is 51.1. The highest BCUT2D eigenvalue weighted by molar-refractivity contribution is 6.22. The smallest absolute Gasteiger partial charge is 0.330 e. The summed E-state index contributed by atoms with van der Waals surface area (Å²) in [6.45, 7) is 7.63. The lowest BCUT2D eigenvalue weighted by atomic mass is 10.0. The predicted octanol–water partition coefficient (Wildman–Crippen LogP) is 2.16. The number of ether oxygens (including phenoxy) is 1. The molecule has 0 spiro atoms. The third-order valence-electron chi connectivity index (χ3n) is 4.32. The standard InChI is InChI=1S/C20H26N2O5/c1-5-10-21-17(23)13(4)27-20(26)16(11-12(2)3)22-18(24)14-8-6-7-9-15(14)19(22)25/h6-9,12-13,16H,5,10-11H2,1-4H3,(H,21,23)/t13-,16-/m0/s1. The van der Waals surface area contributed by atoms with Gasteiger partial charge in [-0.3, -0.25) is 19.3 Å². The summed E-state index contributed by atoms with van der Waals surface area (Å²) in [6, 6.07) is 5.40. The molecular weight excluding hydrogens is 348 g/mol. The summed E-state index contributed by atoms with van der Waals surface area (Å²) >= 11 is 0. The lowest BCUT2D eigenvalue weighted by molar-refractivity contribution is -0.159. The lowest BCUT2D eigenvalue weighted by Gasteiger charge is -2.27. The molecule has 1 aromatic rings. The van der Waals surface area contributed by atoms with E-state index in [4.69, 9.17) is 4.74 Å². The SMILES string of the molecule is CCCNC(=O)[C@H](C)OC(=O)[C@H](CC(C)C)N1C(=O)c2ccccc2C1=O. The highest BCUT2D eigenvalue weighted by atomic mass is 16.5. The van der Waals surface area contributed by atoms with Crippen molar-refractivity contribution in [2.75, 3.05) is 6.54 Å². The molecule has 0 fully saturated rings. The molecule has 0 saturated carbocycles. The molecule has 0 radical (unpaired) electrons. The van der Waals surface area contributed by atoms with Gasteiger partial charge in [-0.2, -0.15) is 0 Å². The largest absolute Gasteiger partial charge is 0.451 e. The van der Waals surface area contributed by atoms with Crippen LogP contribution < -0.4 is 5.32 Å². The van der Waals surface area contributed by atoms with Gasteiger partial charge in [0.1, 0.15) is 6.04 Å². The Morgan fingerprint density at radius 3 is 2.11 bits per heavy atom. The van der Waals surface area contributed by atoms with Crippen molar-refractivity contribution >= 4 is 23.7 Å². The molecule has 146 valence electrons. The average Bonchev–Trinajstić information content (AvgIpc) is 2.88. The van der Waals surface area contributed by atoms with Gasteiger partial charge in [0.2, 0.25) is 0 Å². The first-order valence-electron chi connectivity index (χ1n) is 9.23. The third kappa shape index (κ3) is 4.53. The van der Waals surface area contributed by atoms with Gasteiger partial charge in [-0.1, -0.05) is 32.9 Å². The fourth-order valence-corrected chi connectivity index (χ4v) is 2.94. The predicted molar refractivity (Wildman–Crippen MR) is 99.0 cm³/mol. The zero-order valence-electron chi connectivity index (χ0n) is 16.2. The summed E-state index contributed by atoms with van der Waals surface area (Å²) in [5.41, 5.74) is 0.551. The van der Waals surface area contributed by atoms with Gasteiger partial charge in [-0.25, -0.2) is 4.79 Å². The molecule has 1 N–H and O–H groups in total. The second-order valence-electron chi connectivity index (χ2n) is 7.04. The van der Waals surface area contributed by atoms with Crippen molar-refractivity contribution in [1.82, 2.24) is 10.2 Å². The van der Waals surface area contributed by atoms with Crippen LogP contribution in [0.1, 0.15) is 61.3 Å². The maximum atomic E-state index is 12.7. The Morgan fingerprint density at radius 2 is 1.63 bits per heavy atom. The zero-order valence-corrected chi connectivity index (χ0v) is 16.2. The molecule has 2 rings (SSSR count). The number of carbonyl (C=O) groups excluding carboxylic acids is 4. The highest BCUT2D eigenvalue weighted by Gasteiger charge is 2.44. The molecule has 1 heterocycles. The molecule has 27 heavy (non-hydrogen) atoms. The Kier molecular flexibility index (Phi) is 6.71. The van der Waals surface area contributed by atoms with Crippen LogP contribution in [0.4, 0.5) is 0 Å². The molecule has 0 unspecified atom stereocenters. The van der Waals surface area contributed by atoms with E-state index in [1.807, 2.05) is 20.8 Å². The van der Waals surface area contributed by atoms with Crippen LogP contribution in [0.5, 0.6) is 0 Å². The number of esters is 1. The van der Waals surface area contributed by atoms with Crippen molar-refractivity contribution in [3.63, 3.8) is 0 Å². The number of nitrogens with zero attached hydrogens (tertiary/aromatic N) is 1. The number of carbonyl (C=O) groups is 4. The normalized spacial score (nSPS) is 15.5. The van der Waals surface area contributed by atoms with Gasteiger partial charge in [0.15, 0.2) is 6.10 Å². The maximum Gasteiger partial charge on any atom is 0.330 e. The fraction of sp³-hybridized carbons (Fsp3) is 0.500. The van der Waals surface area contributed by atoms with Gasteiger partial charge < -0.3 is 10.1 Å². The maximum absolute atomic E-state index is 12.7. The molecule has 0 aromatic heterocycles. The van der Waals surface area contributed by atoms with Crippen molar-refractivity contribution < 1.29 is 23.9 Å². The van der Waals surface area contributed by atoms with E-state index in [1.165, 1.54) is 6.92 Å². The number of amides is 3. The van der Waals surface area contributed by atoms with E-state index in [9.17, 15) is 19.2 Å². The molecule has 2 atom stereocenters. The molecule has 3 amide bonds. The van der Waals surface area contributed by atoms with Crippen molar-refractivity contribution in [2.24, 2.45) is 5.92 Å². The first kappa shape index (κ1) is 20.6. The van der Waals surface area contributed by atoms with E-state index in [0.717, 1.165) is 11.3 Å². The van der Waals surface area contributed by atoms with Crippen LogP contribution in [-0.4, -0.2) is 47.3 Å². The van der Waals surface area contributed by atoms with Crippen molar-refractivity contribution in [2.45, 2.75) is 52.7 Å². The molecule has 1 aliphatic heterocycles. The van der Waals surface area contributed by atoms with Crippen LogP contribution in [0.3, 0.4) is 0 Å². The first-order valence-corrected chi connectivity index (χ1v) is 9.23. The van der Waals surface area contributed by atoms with Gasteiger partial charge >= 0.3 is 5.97 Å². The van der Waals surface area contributed by atoms with E-state index < -0.39 is 35.8 Å². The molecule has 1 aliphatic rings. The van der Waals surface area contributed by atoms with Crippen molar-refractivity contribution in [3.8, 4) is 0 Å². The van der Waals surface area contributed by atoms with Crippen molar-refractivity contribution in [3.05, 3.63) is 35.4 Å². The van der Waals surface area contributed by atoms with Crippen LogP contribution >= 0.6 is 0 Å².